The zero-order valence-corrected chi connectivity index (χ0v) is 19.7. The number of nitrogen functional groups attached to an aromatic ring is 1. The summed E-state index contributed by atoms with van der Waals surface area (Å²) in [6.07, 6.45) is 7.89. The summed E-state index contributed by atoms with van der Waals surface area (Å²) in [5, 5.41) is 12.8. The number of H-pyrrole nitrogens is 1. The van der Waals surface area contributed by atoms with Crippen molar-refractivity contribution in [3.8, 4) is 16.9 Å². The van der Waals surface area contributed by atoms with Gasteiger partial charge in [-0.05, 0) is 50.6 Å². The molecule has 5 rings (SSSR count). The number of aromatic nitrogens is 3. The van der Waals surface area contributed by atoms with E-state index < -0.39 is 0 Å². The van der Waals surface area contributed by atoms with Crippen LogP contribution in [-0.4, -0.2) is 34.4 Å². The Morgan fingerprint density at radius 3 is 2.79 bits per heavy atom. The average Bonchev–Trinajstić information content (AvgIpc) is 3.46. The van der Waals surface area contributed by atoms with Crippen LogP contribution in [0.25, 0.3) is 22.1 Å². The first-order chi connectivity index (χ1) is 16.0. The number of nitrogens with zero attached hydrogens (tertiary/aromatic N) is 2. The highest BCUT2D eigenvalue weighted by Gasteiger charge is 2.24. The van der Waals surface area contributed by atoms with E-state index in [-0.39, 0.29) is 11.9 Å². The molecule has 1 fully saturated rings. The maximum atomic E-state index is 6.22. The van der Waals surface area contributed by atoms with Crippen molar-refractivity contribution in [2.45, 2.75) is 38.2 Å². The van der Waals surface area contributed by atoms with Crippen molar-refractivity contribution in [1.29, 1.82) is 0 Å². The smallest absolute Gasteiger partial charge is 0.205 e. The van der Waals surface area contributed by atoms with E-state index in [9.17, 15) is 0 Å². The van der Waals surface area contributed by atoms with Gasteiger partial charge >= 0.3 is 0 Å². The molecule has 0 spiro atoms. The van der Waals surface area contributed by atoms with Gasteiger partial charge in [0.1, 0.15) is 12.4 Å². The lowest BCUT2D eigenvalue weighted by Crippen LogP contribution is -2.27. The van der Waals surface area contributed by atoms with E-state index in [1.165, 1.54) is 0 Å². The highest BCUT2D eigenvalue weighted by atomic mass is 35.5. The molecule has 4 heterocycles. The van der Waals surface area contributed by atoms with E-state index in [2.05, 4.69) is 20.5 Å². The molecule has 0 radical (unpaired) electrons. The van der Waals surface area contributed by atoms with E-state index in [0.29, 0.717) is 33.7 Å². The lowest BCUT2D eigenvalue weighted by Gasteiger charge is -2.22. The summed E-state index contributed by atoms with van der Waals surface area (Å²) in [7, 11) is 0. The van der Waals surface area contributed by atoms with Gasteiger partial charge < -0.3 is 20.2 Å². The van der Waals surface area contributed by atoms with Crippen LogP contribution < -0.4 is 15.8 Å². The lowest BCUT2D eigenvalue weighted by atomic mass is 9.90. The third-order valence-electron chi connectivity index (χ3n) is 6.13. The standard InChI is InChI=1S/C24H25Cl2N5O2/c1-13(8-14-2-3-19(25)20(26)9-14)33-23-22-17(10-29-24(23)27)18(12-32-22)16-11-30-31-21(16)15-4-6-28-7-5-15/h2-3,9-13,15,28H,4-8H2,1H3,(H2,27,29)(H,30,31). The van der Waals surface area contributed by atoms with Gasteiger partial charge in [0.25, 0.3) is 0 Å². The Kier molecular flexibility index (Phi) is 6.19. The summed E-state index contributed by atoms with van der Waals surface area (Å²) < 4.78 is 12.2. The van der Waals surface area contributed by atoms with Crippen LogP contribution >= 0.6 is 23.2 Å². The molecule has 0 saturated carbocycles. The van der Waals surface area contributed by atoms with Crippen LogP contribution in [0.4, 0.5) is 5.82 Å². The zero-order chi connectivity index (χ0) is 22.9. The summed E-state index contributed by atoms with van der Waals surface area (Å²) in [4.78, 5) is 4.39. The van der Waals surface area contributed by atoms with E-state index >= 15 is 0 Å². The molecular formula is C24H25Cl2N5O2. The molecule has 172 valence electrons. The van der Waals surface area contributed by atoms with Gasteiger partial charge in [-0.25, -0.2) is 4.98 Å². The second kappa shape index (κ2) is 9.25. The van der Waals surface area contributed by atoms with Gasteiger partial charge in [0.2, 0.25) is 5.75 Å². The molecule has 9 heteroatoms. The van der Waals surface area contributed by atoms with Gasteiger partial charge in [-0.3, -0.25) is 5.10 Å². The second-order valence-electron chi connectivity index (χ2n) is 8.47. The number of fused-ring (bicyclic) bond motifs is 1. The van der Waals surface area contributed by atoms with Crippen LogP contribution in [0.15, 0.2) is 41.3 Å². The Morgan fingerprint density at radius 1 is 1.18 bits per heavy atom. The number of hydrogen-bond acceptors (Lipinski definition) is 6. The van der Waals surface area contributed by atoms with E-state index in [0.717, 1.165) is 53.7 Å². The maximum absolute atomic E-state index is 6.22. The molecule has 33 heavy (non-hydrogen) atoms. The fraction of sp³-hybridized carbons (Fsp3) is 0.333. The molecule has 4 aromatic rings. The number of anilines is 1. The minimum atomic E-state index is -0.190. The largest absolute Gasteiger partial charge is 0.483 e. The Labute approximate surface area is 201 Å². The van der Waals surface area contributed by atoms with Crippen LogP contribution in [-0.2, 0) is 6.42 Å². The van der Waals surface area contributed by atoms with Gasteiger partial charge in [0.15, 0.2) is 11.4 Å². The summed E-state index contributed by atoms with van der Waals surface area (Å²) >= 11 is 12.2. The molecule has 4 N–H and O–H groups in total. The molecule has 1 atom stereocenters. The first-order valence-electron chi connectivity index (χ1n) is 11.0. The summed E-state index contributed by atoms with van der Waals surface area (Å²) in [6, 6.07) is 5.56. The van der Waals surface area contributed by atoms with Gasteiger partial charge in [-0.2, -0.15) is 5.10 Å². The van der Waals surface area contributed by atoms with Crippen molar-refractivity contribution in [2.24, 2.45) is 0 Å². The third-order valence-corrected chi connectivity index (χ3v) is 6.87. The van der Waals surface area contributed by atoms with E-state index in [1.54, 1.807) is 18.5 Å². The average molecular weight is 486 g/mol. The van der Waals surface area contributed by atoms with E-state index in [4.69, 9.17) is 38.1 Å². The summed E-state index contributed by atoms with van der Waals surface area (Å²) in [5.41, 5.74) is 10.9. The Morgan fingerprint density at radius 2 is 2.00 bits per heavy atom. The number of ether oxygens (including phenoxy) is 1. The molecule has 0 amide bonds. The molecule has 0 aliphatic carbocycles. The van der Waals surface area contributed by atoms with Crippen molar-refractivity contribution >= 4 is 40.0 Å². The molecule has 1 aliphatic heterocycles. The lowest BCUT2D eigenvalue weighted by molar-refractivity contribution is 0.223. The molecule has 1 saturated heterocycles. The Bertz CT molecular complexity index is 1280. The molecule has 3 aromatic heterocycles. The first-order valence-corrected chi connectivity index (χ1v) is 11.8. The fourth-order valence-electron chi connectivity index (χ4n) is 4.48. The molecule has 1 aliphatic rings. The molecular weight excluding hydrogens is 461 g/mol. The summed E-state index contributed by atoms with van der Waals surface area (Å²) in [6.45, 7) is 3.97. The van der Waals surface area contributed by atoms with Gasteiger partial charge in [-0.15, -0.1) is 0 Å². The summed E-state index contributed by atoms with van der Waals surface area (Å²) in [5.74, 6) is 1.16. The zero-order valence-electron chi connectivity index (χ0n) is 18.2. The molecule has 1 unspecified atom stereocenters. The number of nitrogens with one attached hydrogen (secondary N) is 2. The molecule has 0 bridgehead atoms. The van der Waals surface area contributed by atoms with Gasteiger partial charge in [0, 0.05) is 35.4 Å². The number of benzene rings is 1. The number of furan rings is 1. The predicted molar refractivity (Wildman–Crippen MR) is 131 cm³/mol. The number of nitrogens with two attached hydrogens (primary N) is 1. The van der Waals surface area contributed by atoms with Crippen molar-refractivity contribution in [3.05, 3.63) is 58.2 Å². The quantitative estimate of drug-likeness (QED) is 0.329. The Hall–Kier alpha value is -2.74. The number of rotatable bonds is 6. The van der Waals surface area contributed by atoms with Gasteiger partial charge in [0.05, 0.1) is 21.6 Å². The van der Waals surface area contributed by atoms with Crippen LogP contribution in [0, 0.1) is 0 Å². The van der Waals surface area contributed by atoms with E-state index in [1.807, 2.05) is 25.3 Å². The highest BCUT2D eigenvalue weighted by molar-refractivity contribution is 6.42. The normalized spacial score (nSPS) is 15.7. The van der Waals surface area contributed by atoms with Crippen molar-refractivity contribution in [1.82, 2.24) is 20.5 Å². The third kappa shape index (κ3) is 4.40. The topological polar surface area (TPSA) is 102 Å². The van der Waals surface area contributed by atoms with Crippen molar-refractivity contribution in [3.63, 3.8) is 0 Å². The number of hydrogen-bond donors (Lipinski definition) is 3. The minimum Gasteiger partial charge on any atom is -0.483 e. The maximum Gasteiger partial charge on any atom is 0.205 e. The Balaban J connectivity index is 1.44. The van der Waals surface area contributed by atoms with Crippen LogP contribution in [0.5, 0.6) is 5.75 Å². The van der Waals surface area contributed by atoms with Crippen molar-refractivity contribution < 1.29 is 9.15 Å². The van der Waals surface area contributed by atoms with Crippen LogP contribution in [0.1, 0.15) is 36.9 Å². The van der Waals surface area contributed by atoms with Gasteiger partial charge in [-0.1, -0.05) is 29.3 Å². The monoisotopic (exact) mass is 485 g/mol. The predicted octanol–water partition coefficient (Wildman–Crippen LogP) is 5.58. The number of piperidine rings is 1. The number of halogens is 2. The number of pyridine rings is 1. The SMILES string of the molecule is CC(Cc1ccc(Cl)c(Cl)c1)Oc1c(N)ncc2c(-c3cn[nH]c3C3CCNCC3)coc12. The number of aromatic amines is 1. The first kappa shape index (κ1) is 22.1. The molecule has 7 nitrogen and oxygen atoms in total. The molecule has 1 aromatic carbocycles. The fourth-order valence-corrected chi connectivity index (χ4v) is 4.80. The van der Waals surface area contributed by atoms with Crippen LogP contribution in [0.3, 0.4) is 0 Å². The van der Waals surface area contributed by atoms with Crippen molar-refractivity contribution in [2.75, 3.05) is 18.8 Å². The minimum absolute atomic E-state index is 0.190. The highest BCUT2D eigenvalue weighted by Crippen LogP contribution is 2.41. The van der Waals surface area contributed by atoms with Crippen LogP contribution in [0.2, 0.25) is 10.0 Å². The second-order valence-corrected chi connectivity index (χ2v) is 9.28.